The van der Waals surface area contributed by atoms with Crippen LogP contribution in [0.1, 0.15) is 44.1 Å². The quantitative estimate of drug-likeness (QED) is 0.606. The van der Waals surface area contributed by atoms with Gasteiger partial charge >= 0.3 is 0 Å². The molecule has 69 valence electrons. The summed E-state index contributed by atoms with van der Waals surface area (Å²) in [5.41, 5.74) is 1.43. The van der Waals surface area contributed by atoms with Gasteiger partial charge < -0.3 is 0 Å². The second-order valence-electron chi connectivity index (χ2n) is 4.27. The Morgan fingerprint density at radius 2 is 1.92 bits per heavy atom. The number of hydrogen-bond donors (Lipinski definition) is 0. The minimum absolute atomic E-state index is 0.789. The monoisotopic (exact) mass is 173 g/mol. The maximum atomic E-state index is 3.35. The van der Waals surface area contributed by atoms with Crippen LogP contribution >= 0.6 is 0 Å². The average Bonchev–Trinajstić information content (AvgIpc) is 2.20. The Morgan fingerprint density at radius 3 is 2.54 bits per heavy atom. The van der Waals surface area contributed by atoms with E-state index in [4.69, 9.17) is 0 Å². The summed E-state index contributed by atoms with van der Waals surface area (Å²) in [5, 5.41) is 0. The van der Waals surface area contributed by atoms with Crippen LogP contribution in [0.5, 0.6) is 0 Å². The van der Waals surface area contributed by atoms with Crippen molar-refractivity contribution >= 4 is 0 Å². The van der Waals surface area contributed by atoms with Crippen LogP contribution in [0.15, 0.2) is 24.3 Å². The Bertz CT molecular complexity index is 242. The third-order valence-corrected chi connectivity index (χ3v) is 3.19. The van der Waals surface area contributed by atoms with Crippen molar-refractivity contribution in [1.29, 1.82) is 0 Å². The zero-order chi connectivity index (χ0) is 9.10. The lowest BCUT2D eigenvalue weighted by atomic mass is 9.79. The second-order valence-corrected chi connectivity index (χ2v) is 4.27. The molecule has 0 nitrogen and oxygen atoms in total. The molecule has 0 heterocycles. The zero-order valence-electron chi connectivity index (χ0n) is 8.29. The summed E-state index contributed by atoms with van der Waals surface area (Å²) in [7, 11) is 0. The summed E-state index contributed by atoms with van der Waals surface area (Å²) in [4.78, 5) is 0. The van der Waals surface area contributed by atoms with Crippen LogP contribution in [0.3, 0.4) is 0 Å². The maximum absolute atomic E-state index is 3.35. The largest absolute Gasteiger partial charge is 0.0625 e. The fourth-order valence-electron chi connectivity index (χ4n) is 2.23. The fraction of sp³-hybridized carbons (Fsp3) is 0.538. The van der Waals surface area contributed by atoms with E-state index in [1.54, 1.807) is 0 Å². The summed E-state index contributed by atoms with van der Waals surface area (Å²) >= 11 is 0. The van der Waals surface area contributed by atoms with E-state index < -0.39 is 0 Å². The van der Waals surface area contributed by atoms with Crippen molar-refractivity contribution in [1.82, 2.24) is 0 Å². The van der Waals surface area contributed by atoms with Gasteiger partial charge in [0.05, 0.1) is 0 Å². The Morgan fingerprint density at radius 1 is 1.15 bits per heavy atom. The molecular formula is C13H17. The molecule has 1 aliphatic carbocycles. The molecule has 0 saturated heterocycles. The third kappa shape index (κ3) is 2.12. The first-order chi connectivity index (χ1) is 6.36. The van der Waals surface area contributed by atoms with E-state index in [1.165, 1.54) is 31.2 Å². The highest BCUT2D eigenvalue weighted by Crippen LogP contribution is 2.34. The van der Waals surface area contributed by atoms with Crippen molar-refractivity contribution in [2.45, 2.75) is 38.5 Å². The van der Waals surface area contributed by atoms with E-state index in [2.05, 4.69) is 31.2 Å². The van der Waals surface area contributed by atoms with E-state index >= 15 is 0 Å². The van der Waals surface area contributed by atoms with Gasteiger partial charge in [0.2, 0.25) is 0 Å². The normalized spacial score (nSPS) is 28.7. The predicted octanol–water partition coefficient (Wildman–Crippen LogP) is 3.78. The molecule has 0 aliphatic heterocycles. The van der Waals surface area contributed by atoms with E-state index in [1.807, 2.05) is 6.07 Å². The van der Waals surface area contributed by atoms with Crippen LogP contribution < -0.4 is 0 Å². The van der Waals surface area contributed by atoms with E-state index in [0.29, 0.717) is 0 Å². The van der Waals surface area contributed by atoms with Crippen molar-refractivity contribution in [3.8, 4) is 0 Å². The Hall–Kier alpha value is -0.780. The molecule has 1 aromatic carbocycles. The molecule has 0 aromatic heterocycles. The van der Waals surface area contributed by atoms with Crippen LogP contribution in [-0.2, 0) is 0 Å². The maximum Gasteiger partial charge on any atom is -0.0146 e. The standard InChI is InChI=1S/C13H17/c1-11-7-9-13(10-8-11)12-5-3-2-4-6-12/h2-5,11,13H,7-10H2,1H3. The van der Waals surface area contributed by atoms with Gasteiger partial charge in [0.1, 0.15) is 0 Å². The fourth-order valence-corrected chi connectivity index (χ4v) is 2.23. The minimum Gasteiger partial charge on any atom is -0.0625 e. The Balaban J connectivity index is 2.03. The predicted molar refractivity (Wildman–Crippen MR) is 55.7 cm³/mol. The number of rotatable bonds is 1. The number of benzene rings is 1. The van der Waals surface area contributed by atoms with Gasteiger partial charge in [0.15, 0.2) is 0 Å². The summed E-state index contributed by atoms with van der Waals surface area (Å²) in [6.07, 6.45) is 5.52. The topological polar surface area (TPSA) is 0 Å². The van der Waals surface area contributed by atoms with E-state index in [-0.39, 0.29) is 0 Å². The van der Waals surface area contributed by atoms with Crippen molar-refractivity contribution in [3.63, 3.8) is 0 Å². The summed E-state index contributed by atoms with van der Waals surface area (Å²) in [6.45, 7) is 2.37. The summed E-state index contributed by atoms with van der Waals surface area (Å²) in [5.74, 6) is 1.73. The molecule has 13 heavy (non-hydrogen) atoms. The molecule has 0 amide bonds. The van der Waals surface area contributed by atoms with Crippen molar-refractivity contribution in [2.24, 2.45) is 5.92 Å². The third-order valence-electron chi connectivity index (χ3n) is 3.19. The molecule has 1 radical (unpaired) electrons. The van der Waals surface area contributed by atoms with Gasteiger partial charge in [0, 0.05) is 0 Å². The van der Waals surface area contributed by atoms with Crippen LogP contribution in [-0.4, -0.2) is 0 Å². The first kappa shape index (κ1) is 8.80. The highest BCUT2D eigenvalue weighted by Gasteiger charge is 2.19. The van der Waals surface area contributed by atoms with Crippen molar-refractivity contribution in [3.05, 3.63) is 35.9 Å². The zero-order valence-corrected chi connectivity index (χ0v) is 8.29. The minimum atomic E-state index is 0.789. The van der Waals surface area contributed by atoms with Crippen LogP contribution in [0.2, 0.25) is 0 Å². The Kier molecular flexibility index (Phi) is 2.68. The number of hydrogen-bond acceptors (Lipinski definition) is 0. The van der Waals surface area contributed by atoms with Gasteiger partial charge in [-0.1, -0.05) is 44.0 Å². The lowest BCUT2D eigenvalue weighted by Crippen LogP contribution is -2.10. The highest BCUT2D eigenvalue weighted by molar-refractivity contribution is 5.18. The average molecular weight is 173 g/mol. The molecule has 0 heteroatoms. The van der Waals surface area contributed by atoms with Crippen LogP contribution in [0.4, 0.5) is 0 Å². The first-order valence-corrected chi connectivity index (χ1v) is 5.33. The van der Waals surface area contributed by atoms with E-state index in [0.717, 1.165) is 11.8 Å². The van der Waals surface area contributed by atoms with Gasteiger partial charge in [-0.2, -0.15) is 0 Å². The first-order valence-electron chi connectivity index (χ1n) is 5.33. The molecule has 0 atom stereocenters. The molecule has 1 fully saturated rings. The molecule has 0 spiro atoms. The molecule has 2 rings (SSSR count). The molecule has 0 N–H and O–H groups in total. The molecular weight excluding hydrogens is 156 g/mol. The lowest BCUT2D eigenvalue weighted by Gasteiger charge is -2.26. The van der Waals surface area contributed by atoms with Crippen LogP contribution in [0.25, 0.3) is 0 Å². The second kappa shape index (κ2) is 3.95. The van der Waals surface area contributed by atoms with Crippen molar-refractivity contribution in [2.75, 3.05) is 0 Å². The lowest BCUT2D eigenvalue weighted by molar-refractivity contribution is 0.348. The van der Waals surface area contributed by atoms with Gasteiger partial charge in [-0.05, 0) is 36.3 Å². The van der Waals surface area contributed by atoms with Gasteiger partial charge in [-0.3, -0.25) is 0 Å². The molecule has 1 aromatic rings. The van der Waals surface area contributed by atoms with Gasteiger partial charge in [-0.15, -0.1) is 0 Å². The summed E-state index contributed by atoms with van der Waals surface area (Å²) in [6, 6.07) is 11.8. The van der Waals surface area contributed by atoms with Gasteiger partial charge in [0.25, 0.3) is 0 Å². The van der Waals surface area contributed by atoms with E-state index in [9.17, 15) is 0 Å². The van der Waals surface area contributed by atoms with Crippen molar-refractivity contribution < 1.29 is 0 Å². The smallest absolute Gasteiger partial charge is 0.0146 e. The molecule has 1 aliphatic rings. The Labute approximate surface area is 81.0 Å². The highest BCUT2D eigenvalue weighted by atomic mass is 14.2. The molecule has 0 bridgehead atoms. The molecule has 0 unspecified atom stereocenters. The van der Waals surface area contributed by atoms with Gasteiger partial charge in [-0.25, -0.2) is 0 Å². The van der Waals surface area contributed by atoms with Crippen LogP contribution in [0, 0.1) is 12.0 Å². The molecule has 1 saturated carbocycles. The SMILES string of the molecule is CC1CCC(c2[c]cccc2)CC1. The summed E-state index contributed by atoms with van der Waals surface area (Å²) < 4.78 is 0.